The zero-order chi connectivity index (χ0) is 15.8. The highest BCUT2D eigenvalue weighted by Gasteiger charge is 2.17. The molecule has 0 aliphatic carbocycles. The summed E-state index contributed by atoms with van der Waals surface area (Å²) in [5.41, 5.74) is 1.56. The van der Waals surface area contributed by atoms with Gasteiger partial charge in [-0.25, -0.2) is 0 Å². The molecule has 1 aromatic rings. The number of hydrogen-bond donors (Lipinski definition) is 1. The molecule has 6 heteroatoms. The van der Waals surface area contributed by atoms with E-state index < -0.39 is 0 Å². The third kappa shape index (κ3) is 5.85. The molecule has 0 saturated carbocycles. The van der Waals surface area contributed by atoms with E-state index in [1.165, 1.54) is 4.90 Å². The van der Waals surface area contributed by atoms with Gasteiger partial charge in [-0.2, -0.15) is 0 Å². The highest BCUT2D eigenvalue weighted by atomic mass is 79.9. The van der Waals surface area contributed by atoms with Crippen LogP contribution in [-0.4, -0.2) is 50.6 Å². The van der Waals surface area contributed by atoms with Crippen molar-refractivity contribution in [1.29, 1.82) is 0 Å². The fraction of sp³-hybridized carbons (Fsp3) is 0.467. The number of carbonyl (C=O) groups excluding carboxylic acids is 2. The van der Waals surface area contributed by atoms with Crippen molar-refractivity contribution in [3.05, 3.63) is 33.8 Å². The van der Waals surface area contributed by atoms with Crippen molar-refractivity contribution in [1.82, 2.24) is 10.2 Å². The molecule has 0 atom stereocenters. The van der Waals surface area contributed by atoms with E-state index in [2.05, 4.69) is 21.2 Å². The fourth-order valence-electron chi connectivity index (χ4n) is 1.80. The number of halogens is 1. The molecule has 2 amide bonds. The summed E-state index contributed by atoms with van der Waals surface area (Å²) in [7, 11) is 3.24. The molecular weight excluding hydrogens is 336 g/mol. The number of likely N-dealkylation sites (N-methyl/N-ethyl adjacent to an activating group) is 1. The Morgan fingerprint density at radius 2 is 2.10 bits per heavy atom. The molecule has 0 spiro atoms. The van der Waals surface area contributed by atoms with E-state index in [9.17, 15) is 9.59 Å². The molecule has 0 heterocycles. The Bertz CT molecular complexity index is 506. The first-order valence-electron chi connectivity index (χ1n) is 6.73. The molecule has 0 radical (unpaired) electrons. The standard InChI is InChI=1S/C15H21BrN2O3/c1-11-5-6-13(16)12(9-11)15(20)18(2)10-14(19)17-7-4-8-21-3/h5-6,9H,4,7-8,10H2,1-3H3,(H,17,19). The summed E-state index contributed by atoms with van der Waals surface area (Å²) in [6.07, 6.45) is 0.753. The van der Waals surface area contributed by atoms with E-state index >= 15 is 0 Å². The molecule has 5 nitrogen and oxygen atoms in total. The van der Waals surface area contributed by atoms with E-state index in [1.807, 2.05) is 19.1 Å². The molecule has 1 rings (SSSR count). The van der Waals surface area contributed by atoms with E-state index in [0.717, 1.165) is 16.5 Å². The zero-order valence-electron chi connectivity index (χ0n) is 12.6. The number of benzene rings is 1. The number of nitrogens with zero attached hydrogens (tertiary/aromatic N) is 1. The van der Waals surface area contributed by atoms with Gasteiger partial charge in [-0.15, -0.1) is 0 Å². The minimum atomic E-state index is -0.183. The Hall–Kier alpha value is -1.40. The molecule has 0 aromatic heterocycles. The van der Waals surface area contributed by atoms with Crippen LogP contribution in [0.5, 0.6) is 0 Å². The van der Waals surface area contributed by atoms with E-state index in [4.69, 9.17) is 4.74 Å². The third-order valence-corrected chi connectivity index (χ3v) is 3.62. The Morgan fingerprint density at radius 1 is 1.38 bits per heavy atom. The number of carbonyl (C=O) groups is 2. The van der Waals surface area contributed by atoms with Crippen LogP contribution in [0.25, 0.3) is 0 Å². The summed E-state index contributed by atoms with van der Waals surface area (Å²) in [5, 5.41) is 2.76. The second-order valence-electron chi connectivity index (χ2n) is 4.84. The van der Waals surface area contributed by atoms with Gasteiger partial charge in [-0.1, -0.05) is 11.6 Å². The van der Waals surface area contributed by atoms with Crippen molar-refractivity contribution in [2.24, 2.45) is 0 Å². The number of methoxy groups -OCH3 is 1. The SMILES string of the molecule is COCCCNC(=O)CN(C)C(=O)c1cc(C)ccc1Br. The molecule has 1 N–H and O–H groups in total. The smallest absolute Gasteiger partial charge is 0.255 e. The van der Waals surface area contributed by atoms with Crippen molar-refractivity contribution in [2.75, 3.05) is 33.9 Å². The summed E-state index contributed by atoms with van der Waals surface area (Å²) in [5.74, 6) is -0.358. The van der Waals surface area contributed by atoms with Crippen molar-refractivity contribution in [3.8, 4) is 0 Å². The second kappa shape index (κ2) is 8.79. The molecule has 0 aliphatic rings. The first-order valence-corrected chi connectivity index (χ1v) is 7.52. The van der Waals surface area contributed by atoms with Crippen molar-refractivity contribution in [2.45, 2.75) is 13.3 Å². The maximum absolute atomic E-state index is 12.3. The van der Waals surface area contributed by atoms with Gasteiger partial charge in [0.25, 0.3) is 5.91 Å². The third-order valence-electron chi connectivity index (χ3n) is 2.93. The summed E-state index contributed by atoms with van der Waals surface area (Å²) in [6, 6.07) is 5.56. The van der Waals surface area contributed by atoms with Crippen LogP contribution in [0, 0.1) is 6.92 Å². The zero-order valence-corrected chi connectivity index (χ0v) is 14.2. The normalized spacial score (nSPS) is 10.3. The maximum atomic E-state index is 12.3. The molecule has 21 heavy (non-hydrogen) atoms. The Morgan fingerprint density at radius 3 is 2.76 bits per heavy atom. The second-order valence-corrected chi connectivity index (χ2v) is 5.70. The van der Waals surface area contributed by atoms with Crippen molar-refractivity contribution < 1.29 is 14.3 Å². The number of nitrogens with one attached hydrogen (secondary N) is 1. The largest absolute Gasteiger partial charge is 0.385 e. The minimum Gasteiger partial charge on any atom is -0.385 e. The lowest BCUT2D eigenvalue weighted by atomic mass is 10.1. The van der Waals surface area contributed by atoms with Gasteiger partial charge in [-0.3, -0.25) is 9.59 Å². The number of hydrogen-bond acceptors (Lipinski definition) is 3. The lowest BCUT2D eigenvalue weighted by Crippen LogP contribution is -2.39. The van der Waals surface area contributed by atoms with Gasteiger partial charge in [0.2, 0.25) is 5.91 Å². The van der Waals surface area contributed by atoms with Crippen LogP contribution < -0.4 is 5.32 Å². The van der Waals surface area contributed by atoms with Crippen LogP contribution in [-0.2, 0) is 9.53 Å². The highest BCUT2D eigenvalue weighted by molar-refractivity contribution is 9.10. The van der Waals surface area contributed by atoms with Crippen molar-refractivity contribution >= 4 is 27.7 Å². The molecule has 0 aliphatic heterocycles. The number of aryl methyl sites for hydroxylation is 1. The first kappa shape index (κ1) is 17.7. The van der Waals surface area contributed by atoms with Gasteiger partial charge in [0, 0.05) is 31.8 Å². The number of rotatable bonds is 7. The summed E-state index contributed by atoms with van der Waals surface area (Å²) in [4.78, 5) is 25.5. The van der Waals surface area contributed by atoms with E-state index in [0.29, 0.717) is 18.7 Å². The summed E-state index contributed by atoms with van der Waals surface area (Å²) in [6.45, 7) is 3.10. The molecule has 0 unspecified atom stereocenters. The predicted octanol–water partition coefficient (Wildman–Crippen LogP) is 1.98. The average Bonchev–Trinajstić information content (AvgIpc) is 2.45. The molecule has 0 saturated heterocycles. The van der Waals surface area contributed by atoms with Gasteiger partial charge >= 0.3 is 0 Å². The lowest BCUT2D eigenvalue weighted by molar-refractivity contribution is -0.121. The van der Waals surface area contributed by atoms with Gasteiger partial charge in [0.05, 0.1) is 12.1 Å². The van der Waals surface area contributed by atoms with E-state index in [-0.39, 0.29) is 18.4 Å². The Kier molecular flexibility index (Phi) is 7.39. The minimum absolute atomic E-state index is 0.0339. The maximum Gasteiger partial charge on any atom is 0.255 e. The van der Waals surface area contributed by atoms with Gasteiger partial charge < -0.3 is 15.0 Å². The fourth-order valence-corrected chi connectivity index (χ4v) is 2.21. The topological polar surface area (TPSA) is 58.6 Å². The predicted molar refractivity (Wildman–Crippen MR) is 85.3 cm³/mol. The van der Waals surface area contributed by atoms with Crippen LogP contribution in [0.4, 0.5) is 0 Å². The molecule has 1 aromatic carbocycles. The van der Waals surface area contributed by atoms with Crippen LogP contribution in [0.1, 0.15) is 22.3 Å². The monoisotopic (exact) mass is 356 g/mol. The lowest BCUT2D eigenvalue weighted by Gasteiger charge is -2.18. The summed E-state index contributed by atoms with van der Waals surface area (Å²) < 4.78 is 5.63. The number of ether oxygens (including phenoxy) is 1. The molecular formula is C15H21BrN2O3. The Balaban J connectivity index is 2.54. The van der Waals surface area contributed by atoms with Gasteiger partial charge in [0.1, 0.15) is 0 Å². The molecule has 0 bridgehead atoms. The quantitative estimate of drug-likeness (QED) is 0.760. The van der Waals surface area contributed by atoms with Crippen LogP contribution in [0.2, 0.25) is 0 Å². The van der Waals surface area contributed by atoms with Crippen LogP contribution in [0.15, 0.2) is 22.7 Å². The molecule has 0 fully saturated rings. The van der Waals surface area contributed by atoms with Gasteiger partial charge in [0.15, 0.2) is 0 Å². The van der Waals surface area contributed by atoms with Gasteiger partial charge in [-0.05, 0) is 41.4 Å². The van der Waals surface area contributed by atoms with Crippen molar-refractivity contribution in [3.63, 3.8) is 0 Å². The molecule has 116 valence electrons. The summed E-state index contributed by atoms with van der Waals surface area (Å²) >= 11 is 3.36. The number of amides is 2. The van der Waals surface area contributed by atoms with E-state index in [1.54, 1.807) is 20.2 Å². The highest BCUT2D eigenvalue weighted by Crippen LogP contribution is 2.19. The van der Waals surface area contributed by atoms with Crippen LogP contribution in [0.3, 0.4) is 0 Å². The average molecular weight is 357 g/mol. The van der Waals surface area contributed by atoms with Crippen LogP contribution >= 0.6 is 15.9 Å². The Labute approximate surface area is 133 Å². The first-order chi connectivity index (χ1) is 9.95.